The number of carbonyl (C=O) groups is 2. The monoisotopic (exact) mass is 313 g/mol. The van der Waals surface area contributed by atoms with Gasteiger partial charge < -0.3 is 10.4 Å². The van der Waals surface area contributed by atoms with Gasteiger partial charge in [0.05, 0.1) is 11.5 Å². The molecule has 0 bridgehead atoms. The second-order valence-corrected chi connectivity index (χ2v) is 6.86. The number of amides is 1. The van der Waals surface area contributed by atoms with Gasteiger partial charge in [0.2, 0.25) is 0 Å². The largest absolute Gasteiger partial charge is 0.481 e. The van der Waals surface area contributed by atoms with Crippen LogP contribution in [0.4, 0.5) is 0 Å². The molecule has 122 valence electrons. The fourth-order valence-electron chi connectivity index (χ4n) is 3.79. The Kier molecular flexibility index (Phi) is 4.24. The highest BCUT2D eigenvalue weighted by molar-refractivity contribution is 5.95. The molecule has 2 N–H and O–H groups in total. The van der Waals surface area contributed by atoms with E-state index in [2.05, 4.69) is 17.5 Å². The maximum atomic E-state index is 12.6. The Morgan fingerprint density at radius 2 is 2.13 bits per heavy atom. The lowest BCUT2D eigenvalue weighted by atomic mass is 9.73. The van der Waals surface area contributed by atoms with Crippen molar-refractivity contribution in [1.29, 1.82) is 0 Å². The first-order valence-electron chi connectivity index (χ1n) is 8.34. The van der Waals surface area contributed by atoms with Gasteiger partial charge in [0.1, 0.15) is 0 Å². The molecular formula is C19H23NO3. The second kappa shape index (κ2) is 6.19. The van der Waals surface area contributed by atoms with Crippen molar-refractivity contribution in [3.05, 3.63) is 41.0 Å². The number of benzene rings is 1. The molecule has 0 radical (unpaired) electrons. The third-order valence-electron chi connectivity index (χ3n) is 5.19. The van der Waals surface area contributed by atoms with Gasteiger partial charge in [-0.05, 0) is 55.9 Å². The van der Waals surface area contributed by atoms with Crippen LogP contribution in [0.25, 0.3) is 6.08 Å². The van der Waals surface area contributed by atoms with Crippen LogP contribution in [0.2, 0.25) is 0 Å². The van der Waals surface area contributed by atoms with E-state index < -0.39 is 17.4 Å². The maximum absolute atomic E-state index is 12.6. The molecule has 2 aliphatic carbocycles. The zero-order valence-electron chi connectivity index (χ0n) is 13.5. The van der Waals surface area contributed by atoms with Crippen LogP contribution in [0, 0.1) is 5.92 Å². The van der Waals surface area contributed by atoms with Crippen LogP contribution in [0.5, 0.6) is 0 Å². The Bertz CT molecular complexity index is 665. The van der Waals surface area contributed by atoms with E-state index in [-0.39, 0.29) is 5.91 Å². The zero-order valence-corrected chi connectivity index (χ0v) is 13.5. The number of hydrogen-bond acceptors (Lipinski definition) is 2. The number of aliphatic carboxylic acids is 1. The van der Waals surface area contributed by atoms with Crippen LogP contribution in [0.3, 0.4) is 0 Å². The van der Waals surface area contributed by atoms with Crippen molar-refractivity contribution in [2.45, 2.75) is 51.0 Å². The molecular weight excluding hydrogens is 290 g/mol. The number of carboxylic acids is 1. The molecule has 1 aromatic rings. The summed E-state index contributed by atoms with van der Waals surface area (Å²) >= 11 is 0. The van der Waals surface area contributed by atoms with Crippen LogP contribution in [0.15, 0.2) is 24.3 Å². The Morgan fingerprint density at radius 1 is 1.30 bits per heavy atom. The lowest BCUT2D eigenvalue weighted by Crippen LogP contribution is -2.55. The van der Waals surface area contributed by atoms with Crippen molar-refractivity contribution in [2.75, 3.05) is 0 Å². The van der Waals surface area contributed by atoms with Crippen molar-refractivity contribution in [2.24, 2.45) is 5.92 Å². The topological polar surface area (TPSA) is 66.4 Å². The van der Waals surface area contributed by atoms with E-state index in [9.17, 15) is 14.7 Å². The molecule has 0 aromatic heterocycles. The third-order valence-corrected chi connectivity index (χ3v) is 5.19. The molecule has 0 aliphatic heterocycles. The average molecular weight is 313 g/mol. The molecule has 23 heavy (non-hydrogen) atoms. The van der Waals surface area contributed by atoms with Gasteiger partial charge in [-0.25, -0.2) is 0 Å². The number of allylic oxidation sites excluding steroid dienone is 1. The van der Waals surface area contributed by atoms with E-state index in [0.29, 0.717) is 18.4 Å². The first-order chi connectivity index (χ1) is 11.0. The molecule has 0 heterocycles. The van der Waals surface area contributed by atoms with Crippen LogP contribution < -0.4 is 5.32 Å². The molecule has 2 aliphatic rings. The molecule has 0 spiro atoms. The molecule has 3 rings (SSSR count). The van der Waals surface area contributed by atoms with Gasteiger partial charge >= 0.3 is 5.97 Å². The average Bonchev–Trinajstić information content (AvgIpc) is 2.54. The van der Waals surface area contributed by atoms with Crippen molar-refractivity contribution >= 4 is 18.0 Å². The van der Waals surface area contributed by atoms with Gasteiger partial charge in [-0.1, -0.05) is 31.1 Å². The Balaban J connectivity index is 1.80. The first kappa shape index (κ1) is 15.8. The minimum absolute atomic E-state index is 0.169. The van der Waals surface area contributed by atoms with Crippen molar-refractivity contribution in [1.82, 2.24) is 5.32 Å². The molecule has 4 nitrogen and oxygen atoms in total. The van der Waals surface area contributed by atoms with Crippen molar-refractivity contribution in [3.63, 3.8) is 0 Å². The van der Waals surface area contributed by atoms with Crippen LogP contribution in [-0.2, 0) is 11.2 Å². The summed E-state index contributed by atoms with van der Waals surface area (Å²) in [6.45, 7) is 1.87. The molecule has 1 saturated carbocycles. The van der Waals surface area contributed by atoms with Gasteiger partial charge in [-0.15, -0.1) is 0 Å². The molecule has 4 heteroatoms. The molecule has 1 aromatic carbocycles. The molecule has 1 amide bonds. The first-order valence-corrected chi connectivity index (χ1v) is 8.34. The predicted octanol–water partition coefficient (Wildman–Crippen LogP) is 3.41. The third kappa shape index (κ3) is 3.16. The van der Waals surface area contributed by atoms with Crippen LogP contribution in [-0.4, -0.2) is 22.5 Å². The maximum Gasteiger partial charge on any atom is 0.308 e. The molecule has 2 unspecified atom stereocenters. The standard InChI is InChI=1S/C19H23NO3/c1-19(11-5-4-8-16(19)18(22)23)20-17(21)15-10-9-13-6-2-3-7-14(13)12-15/h2,6,9-10,12,16H,3-5,7-8,11H2,1H3,(H,20,21)(H,22,23). The highest BCUT2D eigenvalue weighted by Crippen LogP contribution is 2.34. The summed E-state index contributed by atoms with van der Waals surface area (Å²) in [4.78, 5) is 24.2. The number of carbonyl (C=O) groups excluding carboxylic acids is 1. The quantitative estimate of drug-likeness (QED) is 0.898. The normalized spacial score (nSPS) is 26.4. The fourth-order valence-corrected chi connectivity index (χ4v) is 3.79. The van der Waals surface area contributed by atoms with Gasteiger partial charge in [0, 0.05) is 5.56 Å². The summed E-state index contributed by atoms with van der Waals surface area (Å²) in [5, 5.41) is 12.5. The van der Waals surface area contributed by atoms with Crippen LogP contribution >= 0.6 is 0 Å². The lowest BCUT2D eigenvalue weighted by molar-refractivity contribution is -0.145. The number of carboxylic acid groups (broad SMARTS) is 1. The number of rotatable bonds is 3. The van der Waals surface area contributed by atoms with Gasteiger partial charge in [0.25, 0.3) is 5.91 Å². The second-order valence-electron chi connectivity index (χ2n) is 6.86. The van der Waals surface area contributed by atoms with E-state index in [4.69, 9.17) is 0 Å². The van der Waals surface area contributed by atoms with E-state index in [1.54, 1.807) is 0 Å². The van der Waals surface area contributed by atoms with Crippen LogP contribution in [0.1, 0.15) is 60.5 Å². The number of aryl methyl sites for hydroxylation is 1. The zero-order chi connectivity index (χ0) is 16.4. The number of fused-ring (bicyclic) bond motifs is 1. The highest BCUT2D eigenvalue weighted by Gasteiger charge is 2.42. The number of hydrogen-bond donors (Lipinski definition) is 2. The van der Waals surface area contributed by atoms with Crippen molar-refractivity contribution < 1.29 is 14.7 Å². The molecule has 0 saturated heterocycles. The summed E-state index contributed by atoms with van der Waals surface area (Å²) in [5.74, 6) is -1.50. The Labute approximate surface area is 136 Å². The Hall–Kier alpha value is -2.10. The summed E-state index contributed by atoms with van der Waals surface area (Å²) in [5.41, 5.74) is 2.30. The predicted molar refractivity (Wildman–Crippen MR) is 89.3 cm³/mol. The number of nitrogens with one attached hydrogen (secondary N) is 1. The minimum Gasteiger partial charge on any atom is -0.481 e. The smallest absolute Gasteiger partial charge is 0.308 e. The van der Waals surface area contributed by atoms with Crippen molar-refractivity contribution in [3.8, 4) is 0 Å². The van der Waals surface area contributed by atoms with Gasteiger partial charge in [-0.3, -0.25) is 9.59 Å². The summed E-state index contributed by atoms with van der Waals surface area (Å²) < 4.78 is 0. The van der Waals surface area contributed by atoms with E-state index >= 15 is 0 Å². The van der Waals surface area contributed by atoms with E-state index in [0.717, 1.165) is 25.7 Å². The lowest BCUT2D eigenvalue weighted by Gasteiger charge is -2.39. The Morgan fingerprint density at radius 3 is 2.91 bits per heavy atom. The minimum atomic E-state index is -0.817. The fraction of sp³-hybridized carbons (Fsp3) is 0.474. The summed E-state index contributed by atoms with van der Waals surface area (Å²) in [6, 6.07) is 5.74. The SMILES string of the molecule is CC1(NC(=O)c2ccc3c(c2)CCC=C3)CCCCC1C(=O)O. The van der Waals surface area contributed by atoms with E-state index in [1.165, 1.54) is 11.1 Å². The summed E-state index contributed by atoms with van der Waals surface area (Å²) in [7, 11) is 0. The highest BCUT2D eigenvalue weighted by atomic mass is 16.4. The van der Waals surface area contributed by atoms with Gasteiger partial charge in [0.15, 0.2) is 0 Å². The molecule has 2 atom stereocenters. The van der Waals surface area contributed by atoms with E-state index in [1.807, 2.05) is 25.1 Å². The van der Waals surface area contributed by atoms with Gasteiger partial charge in [-0.2, -0.15) is 0 Å². The molecule has 1 fully saturated rings. The summed E-state index contributed by atoms with van der Waals surface area (Å²) in [6.07, 6.45) is 9.37.